The SMILES string of the molecule is Cc1cc(C)c(NC(=O)CNC(=O)CCNC(=O)CCC(=O)c2ccccc2)c(C)c1. The minimum absolute atomic E-state index is 0.0498. The fraction of sp³-hybridized carbons (Fsp3) is 0.333. The largest absolute Gasteiger partial charge is 0.356 e. The highest BCUT2D eigenvalue weighted by Crippen LogP contribution is 2.21. The van der Waals surface area contributed by atoms with Gasteiger partial charge in [-0.15, -0.1) is 0 Å². The molecule has 0 spiro atoms. The van der Waals surface area contributed by atoms with Crippen molar-refractivity contribution in [1.82, 2.24) is 10.6 Å². The van der Waals surface area contributed by atoms with Crippen LogP contribution in [-0.4, -0.2) is 36.6 Å². The molecule has 0 aliphatic carbocycles. The maximum Gasteiger partial charge on any atom is 0.243 e. The summed E-state index contributed by atoms with van der Waals surface area (Å²) >= 11 is 0. The van der Waals surface area contributed by atoms with Gasteiger partial charge in [-0.25, -0.2) is 0 Å². The van der Waals surface area contributed by atoms with Gasteiger partial charge in [-0.05, 0) is 31.9 Å². The van der Waals surface area contributed by atoms with Crippen molar-refractivity contribution in [3.8, 4) is 0 Å². The van der Waals surface area contributed by atoms with Crippen LogP contribution >= 0.6 is 0 Å². The van der Waals surface area contributed by atoms with Crippen LogP contribution in [0.3, 0.4) is 0 Å². The predicted octanol–water partition coefficient (Wildman–Crippen LogP) is 2.84. The minimum atomic E-state index is -0.340. The molecule has 7 heteroatoms. The first-order chi connectivity index (χ1) is 14.8. The Bertz CT molecular complexity index is 932. The molecule has 3 amide bonds. The highest BCUT2D eigenvalue weighted by Gasteiger charge is 2.11. The lowest BCUT2D eigenvalue weighted by Gasteiger charge is -2.13. The van der Waals surface area contributed by atoms with Crippen molar-refractivity contribution in [3.63, 3.8) is 0 Å². The number of Topliss-reactive ketones (excluding diaryl/α,β-unsaturated/α-hetero) is 1. The van der Waals surface area contributed by atoms with E-state index < -0.39 is 0 Å². The summed E-state index contributed by atoms with van der Waals surface area (Å²) < 4.78 is 0. The van der Waals surface area contributed by atoms with Crippen molar-refractivity contribution in [2.24, 2.45) is 0 Å². The van der Waals surface area contributed by atoms with Gasteiger partial charge in [0.2, 0.25) is 17.7 Å². The Morgan fingerprint density at radius 1 is 0.742 bits per heavy atom. The quantitative estimate of drug-likeness (QED) is 0.511. The molecule has 2 aromatic rings. The number of benzene rings is 2. The van der Waals surface area contributed by atoms with Gasteiger partial charge in [0.1, 0.15) is 0 Å². The van der Waals surface area contributed by atoms with Crippen LogP contribution in [-0.2, 0) is 14.4 Å². The molecule has 0 aromatic heterocycles. The first kappa shape index (κ1) is 23.8. The number of carbonyl (C=O) groups excluding carboxylic acids is 4. The first-order valence-corrected chi connectivity index (χ1v) is 10.3. The Hall–Kier alpha value is -3.48. The van der Waals surface area contributed by atoms with Crippen molar-refractivity contribution in [1.29, 1.82) is 0 Å². The molecule has 2 aromatic carbocycles. The first-order valence-electron chi connectivity index (χ1n) is 10.3. The van der Waals surface area contributed by atoms with Crippen molar-refractivity contribution in [3.05, 3.63) is 64.7 Å². The summed E-state index contributed by atoms with van der Waals surface area (Å²) in [6.07, 6.45) is 0.224. The van der Waals surface area contributed by atoms with E-state index in [2.05, 4.69) is 16.0 Å². The summed E-state index contributed by atoms with van der Waals surface area (Å²) in [6.45, 7) is 5.83. The number of amides is 3. The summed E-state index contributed by atoms with van der Waals surface area (Å²) in [4.78, 5) is 47.9. The average molecular weight is 424 g/mol. The molecule has 2 rings (SSSR count). The molecule has 164 valence electrons. The lowest BCUT2D eigenvalue weighted by Crippen LogP contribution is -2.35. The predicted molar refractivity (Wildman–Crippen MR) is 120 cm³/mol. The van der Waals surface area contributed by atoms with Crippen molar-refractivity contribution < 1.29 is 19.2 Å². The molecule has 0 unspecified atom stereocenters. The van der Waals surface area contributed by atoms with Gasteiger partial charge in [-0.2, -0.15) is 0 Å². The van der Waals surface area contributed by atoms with Gasteiger partial charge in [0.15, 0.2) is 5.78 Å². The van der Waals surface area contributed by atoms with Gasteiger partial charge in [0.05, 0.1) is 6.54 Å². The standard InChI is InChI=1S/C24H29N3O4/c1-16-13-17(2)24(18(3)14-16)27-23(31)15-26-22(30)11-12-25-21(29)10-9-20(28)19-7-5-4-6-8-19/h4-8,13-14H,9-12,15H2,1-3H3,(H,25,29)(H,26,30)(H,27,31). The van der Waals surface area contributed by atoms with Gasteiger partial charge < -0.3 is 16.0 Å². The van der Waals surface area contributed by atoms with Gasteiger partial charge in [-0.3, -0.25) is 19.2 Å². The molecule has 0 radical (unpaired) electrons. The fourth-order valence-corrected chi connectivity index (χ4v) is 3.23. The number of aryl methyl sites for hydroxylation is 3. The van der Waals surface area contributed by atoms with E-state index in [0.29, 0.717) is 5.56 Å². The average Bonchev–Trinajstić information content (AvgIpc) is 2.73. The number of ketones is 1. The summed E-state index contributed by atoms with van der Waals surface area (Å²) in [6, 6.07) is 12.8. The third kappa shape index (κ3) is 8.04. The number of hydrogen-bond acceptors (Lipinski definition) is 4. The lowest BCUT2D eigenvalue weighted by atomic mass is 10.1. The van der Waals surface area contributed by atoms with E-state index in [1.165, 1.54) is 0 Å². The molecule has 0 saturated heterocycles. The molecule has 0 aliphatic heterocycles. The minimum Gasteiger partial charge on any atom is -0.356 e. The van der Waals surface area contributed by atoms with Gasteiger partial charge in [-0.1, -0.05) is 48.0 Å². The summed E-state index contributed by atoms with van der Waals surface area (Å²) in [5.74, 6) is -1.04. The zero-order valence-corrected chi connectivity index (χ0v) is 18.2. The van der Waals surface area contributed by atoms with E-state index >= 15 is 0 Å². The summed E-state index contributed by atoms with van der Waals surface area (Å²) in [7, 11) is 0. The summed E-state index contributed by atoms with van der Waals surface area (Å²) in [5, 5.41) is 7.98. The number of nitrogens with one attached hydrogen (secondary N) is 3. The zero-order chi connectivity index (χ0) is 22.8. The molecule has 0 fully saturated rings. The monoisotopic (exact) mass is 423 g/mol. The molecular weight excluding hydrogens is 394 g/mol. The Balaban J connectivity index is 1.64. The molecular formula is C24H29N3O4. The van der Waals surface area contributed by atoms with Gasteiger partial charge in [0, 0.05) is 37.1 Å². The molecule has 0 aliphatic rings. The Kier molecular flexibility index (Phi) is 8.94. The number of anilines is 1. The van der Waals surface area contributed by atoms with Crippen LogP contribution in [0, 0.1) is 20.8 Å². The Morgan fingerprint density at radius 3 is 2.00 bits per heavy atom. The highest BCUT2D eigenvalue weighted by molar-refractivity contribution is 5.98. The Labute approximate surface area is 182 Å². The normalized spacial score (nSPS) is 10.3. The van der Waals surface area contributed by atoms with E-state index in [9.17, 15) is 19.2 Å². The lowest BCUT2D eigenvalue weighted by molar-refractivity contribution is -0.124. The second kappa shape index (κ2) is 11.6. The van der Waals surface area contributed by atoms with E-state index in [-0.39, 0.29) is 55.9 Å². The van der Waals surface area contributed by atoms with E-state index in [4.69, 9.17) is 0 Å². The maximum absolute atomic E-state index is 12.1. The van der Waals surface area contributed by atoms with Crippen molar-refractivity contribution >= 4 is 29.2 Å². The van der Waals surface area contributed by atoms with Crippen LogP contribution < -0.4 is 16.0 Å². The number of carbonyl (C=O) groups is 4. The molecule has 0 atom stereocenters. The van der Waals surface area contributed by atoms with Crippen LogP contribution in [0.5, 0.6) is 0 Å². The third-order valence-electron chi connectivity index (χ3n) is 4.74. The van der Waals surface area contributed by atoms with Crippen LogP contribution in [0.15, 0.2) is 42.5 Å². The smallest absolute Gasteiger partial charge is 0.243 e. The molecule has 3 N–H and O–H groups in total. The molecule has 7 nitrogen and oxygen atoms in total. The van der Waals surface area contributed by atoms with Crippen LogP contribution in [0.4, 0.5) is 5.69 Å². The zero-order valence-electron chi connectivity index (χ0n) is 18.2. The van der Waals surface area contributed by atoms with Crippen LogP contribution in [0.25, 0.3) is 0 Å². The topological polar surface area (TPSA) is 104 Å². The highest BCUT2D eigenvalue weighted by atomic mass is 16.2. The van der Waals surface area contributed by atoms with Gasteiger partial charge >= 0.3 is 0 Å². The maximum atomic E-state index is 12.1. The molecule has 0 heterocycles. The molecule has 0 bridgehead atoms. The van der Waals surface area contributed by atoms with Gasteiger partial charge in [0.25, 0.3) is 0 Å². The van der Waals surface area contributed by atoms with E-state index in [0.717, 1.165) is 22.4 Å². The van der Waals surface area contributed by atoms with Crippen LogP contribution in [0.1, 0.15) is 46.3 Å². The summed E-state index contributed by atoms with van der Waals surface area (Å²) in [5.41, 5.74) is 4.37. The third-order valence-corrected chi connectivity index (χ3v) is 4.74. The van der Waals surface area contributed by atoms with Crippen molar-refractivity contribution in [2.75, 3.05) is 18.4 Å². The van der Waals surface area contributed by atoms with E-state index in [1.54, 1.807) is 24.3 Å². The molecule has 31 heavy (non-hydrogen) atoms. The second-order valence-electron chi connectivity index (χ2n) is 7.49. The van der Waals surface area contributed by atoms with Crippen LogP contribution in [0.2, 0.25) is 0 Å². The van der Waals surface area contributed by atoms with E-state index in [1.807, 2.05) is 39.0 Å². The fourth-order valence-electron chi connectivity index (χ4n) is 3.23. The van der Waals surface area contributed by atoms with Crippen molar-refractivity contribution in [2.45, 2.75) is 40.0 Å². The Morgan fingerprint density at radius 2 is 1.35 bits per heavy atom. The second-order valence-corrected chi connectivity index (χ2v) is 7.49. The molecule has 0 saturated carbocycles. The number of rotatable bonds is 10. The number of hydrogen-bond donors (Lipinski definition) is 3.